The number of aromatic nitrogens is 2. The van der Waals surface area contributed by atoms with Crippen molar-refractivity contribution in [3.8, 4) is 17.7 Å². The van der Waals surface area contributed by atoms with Gasteiger partial charge in [0.1, 0.15) is 11.8 Å². The highest BCUT2D eigenvalue weighted by Gasteiger charge is 2.08. The summed E-state index contributed by atoms with van der Waals surface area (Å²) in [5.74, 6) is 0.903. The fraction of sp³-hybridized carbons (Fsp3) is 0. The summed E-state index contributed by atoms with van der Waals surface area (Å²) in [7, 11) is 0. The number of ether oxygens (including phenoxy) is 1. The summed E-state index contributed by atoms with van der Waals surface area (Å²) in [6, 6.07) is 12.8. The molecule has 3 aromatic rings. The molecule has 0 bridgehead atoms. The number of hydrogen-bond acceptors (Lipinski definition) is 5. The van der Waals surface area contributed by atoms with Gasteiger partial charge in [-0.25, -0.2) is 4.98 Å². The first-order valence-corrected chi connectivity index (χ1v) is 5.95. The minimum atomic E-state index is 0.278. The van der Waals surface area contributed by atoms with Gasteiger partial charge in [0, 0.05) is 17.8 Å². The zero-order chi connectivity index (χ0) is 13.9. The maximum Gasteiger partial charge on any atom is 0.242 e. The second-order valence-electron chi connectivity index (χ2n) is 4.16. The highest BCUT2D eigenvalue weighted by Crippen LogP contribution is 2.30. The van der Waals surface area contributed by atoms with Crippen LogP contribution in [0.3, 0.4) is 0 Å². The van der Waals surface area contributed by atoms with Crippen LogP contribution in [0.25, 0.3) is 10.9 Å². The molecule has 5 heteroatoms. The van der Waals surface area contributed by atoms with Crippen molar-refractivity contribution in [2.75, 3.05) is 5.73 Å². The molecule has 0 saturated heterocycles. The fourth-order valence-electron chi connectivity index (χ4n) is 1.88. The summed E-state index contributed by atoms with van der Waals surface area (Å²) < 4.78 is 5.74. The zero-order valence-electron chi connectivity index (χ0n) is 10.4. The van der Waals surface area contributed by atoms with Gasteiger partial charge in [0.15, 0.2) is 0 Å². The maximum atomic E-state index is 8.79. The number of nitriles is 1. The Balaban J connectivity index is 2.04. The molecule has 2 heterocycles. The van der Waals surface area contributed by atoms with Crippen molar-refractivity contribution in [1.29, 1.82) is 5.26 Å². The Labute approximate surface area is 115 Å². The van der Waals surface area contributed by atoms with Crippen LogP contribution in [0.1, 0.15) is 5.56 Å². The molecular formula is C15H10N4O. The van der Waals surface area contributed by atoms with E-state index in [1.165, 1.54) is 12.3 Å². The number of pyridine rings is 2. The standard InChI is InChI=1S/C15H10N4O/c16-8-10-7-12(17)15(19-9-10)20-14-5-1-4-13-11(14)3-2-6-18-13/h1-7,9H,17H2. The Bertz CT molecular complexity index is 818. The van der Waals surface area contributed by atoms with Crippen LogP contribution in [0.15, 0.2) is 48.8 Å². The maximum absolute atomic E-state index is 8.79. The molecule has 0 spiro atoms. The minimum absolute atomic E-state index is 0.278. The number of hydrogen-bond donors (Lipinski definition) is 1. The van der Waals surface area contributed by atoms with Gasteiger partial charge < -0.3 is 10.5 Å². The summed E-state index contributed by atoms with van der Waals surface area (Å²) >= 11 is 0. The number of nitrogen functional groups attached to an aromatic ring is 1. The molecule has 0 amide bonds. The van der Waals surface area contributed by atoms with E-state index in [1.807, 2.05) is 36.4 Å². The van der Waals surface area contributed by atoms with E-state index in [2.05, 4.69) is 9.97 Å². The predicted octanol–water partition coefficient (Wildman–Crippen LogP) is 2.88. The third kappa shape index (κ3) is 2.10. The fourth-order valence-corrected chi connectivity index (χ4v) is 1.88. The zero-order valence-corrected chi connectivity index (χ0v) is 10.4. The molecule has 0 radical (unpaired) electrons. The molecule has 5 nitrogen and oxygen atoms in total. The number of nitrogens with two attached hydrogens (primary N) is 1. The van der Waals surface area contributed by atoms with Crippen LogP contribution in [0.5, 0.6) is 11.6 Å². The van der Waals surface area contributed by atoms with Gasteiger partial charge in [0.2, 0.25) is 5.88 Å². The SMILES string of the molecule is N#Cc1cnc(Oc2cccc3ncccc23)c(N)c1. The molecular weight excluding hydrogens is 252 g/mol. The summed E-state index contributed by atoms with van der Waals surface area (Å²) in [6.07, 6.45) is 3.15. The van der Waals surface area contributed by atoms with E-state index < -0.39 is 0 Å². The predicted molar refractivity (Wildman–Crippen MR) is 75.2 cm³/mol. The number of fused-ring (bicyclic) bond motifs is 1. The van der Waals surface area contributed by atoms with Crippen LogP contribution < -0.4 is 10.5 Å². The third-order valence-electron chi connectivity index (χ3n) is 2.82. The molecule has 0 aliphatic heterocycles. The monoisotopic (exact) mass is 262 g/mol. The lowest BCUT2D eigenvalue weighted by molar-refractivity contribution is 0.471. The van der Waals surface area contributed by atoms with Gasteiger partial charge >= 0.3 is 0 Å². The molecule has 2 N–H and O–H groups in total. The molecule has 20 heavy (non-hydrogen) atoms. The Morgan fingerprint density at radius 2 is 2.05 bits per heavy atom. The average molecular weight is 262 g/mol. The Morgan fingerprint density at radius 3 is 2.85 bits per heavy atom. The molecule has 1 aromatic carbocycles. The van der Waals surface area contributed by atoms with Crippen molar-refractivity contribution in [3.05, 3.63) is 54.4 Å². The van der Waals surface area contributed by atoms with E-state index in [1.54, 1.807) is 6.20 Å². The van der Waals surface area contributed by atoms with Crippen molar-refractivity contribution >= 4 is 16.6 Å². The molecule has 0 atom stereocenters. The van der Waals surface area contributed by atoms with E-state index >= 15 is 0 Å². The average Bonchev–Trinajstić information content (AvgIpc) is 2.49. The smallest absolute Gasteiger partial charge is 0.242 e. The molecule has 0 aliphatic rings. The van der Waals surface area contributed by atoms with Crippen molar-refractivity contribution in [2.24, 2.45) is 0 Å². The van der Waals surface area contributed by atoms with E-state index in [0.717, 1.165) is 10.9 Å². The van der Waals surface area contributed by atoms with Gasteiger partial charge in [0.05, 0.1) is 16.8 Å². The largest absolute Gasteiger partial charge is 0.436 e. The lowest BCUT2D eigenvalue weighted by atomic mass is 10.2. The molecule has 2 aromatic heterocycles. The normalized spacial score (nSPS) is 10.2. The molecule has 0 saturated carbocycles. The molecule has 0 unspecified atom stereocenters. The first-order chi connectivity index (χ1) is 9.78. The van der Waals surface area contributed by atoms with Crippen LogP contribution >= 0.6 is 0 Å². The first kappa shape index (κ1) is 11.9. The minimum Gasteiger partial charge on any atom is -0.436 e. The molecule has 3 rings (SSSR count). The summed E-state index contributed by atoms with van der Waals surface area (Å²) in [5, 5.41) is 9.66. The molecule has 96 valence electrons. The number of anilines is 1. The van der Waals surface area contributed by atoms with Crippen molar-refractivity contribution < 1.29 is 4.74 Å². The van der Waals surface area contributed by atoms with E-state index in [9.17, 15) is 0 Å². The van der Waals surface area contributed by atoms with Crippen molar-refractivity contribution in [3.63, 3.8) is 0 Å². The second kappa shape index (κ2) is 4.86. The van der Waals surface area contributed by atoms with Gasteiger partial charge in [-0.1, -0.05) is 6.07 Å². The van der Waals surface area contributed by atoms with Crippen LogP contribution in [0, 0.1) is 11.3 Å². The Kier molecular flexibility index (Phi) is 2.90. The Morgan fingerprint density at radius 1 is 1.15 bits per heavy atom. The van der Waals surface area contributed by atoms with Crippen LogP contribution in [-0.2, 0) is 0 Å². The van der Waals surface area contributed by atoms with Gasteiger partial charge in [-0.3, -0.25) is 4.98 Å². The third-order valence-corrected chi connectivity index (χ3v) is 2.82. The van der Waals surface area contributed by atoms with Gasteiger partial charge in [-0.05, 0) is 30.3 Å². The molecule has 0 aliphatic carbocycles. The van der Waals surface area contributed by atoms with Crippen LogP contribution in [0.4, 0.5) is 5.69 Å². The van der Waals surface area contributed by atoms with Gasteiger partial charge in [-0.15, -0.1) is 0 Å². The molecule has 0 fully saturated rings. The lowest BCUT2D eigenvalue weighted by Gasteiger charge is -2.09. The highest BCUT2D eigenvalue weighted by atomic mass is 16.5. The first-order valence-electron chi connectivity index (χ1n) is 5.95. The highest BCUT2D eigenvalue weighted by molar-refractivity contribution is 5.85. The van der Waals surface area contributed by atoms with E-state index in [4.69, 9.17) is 15.7 Å². The van der Waals surface area contributed by atoms with Crippen LogP contribution in [0.2, 0.25) is 0 Å². The summed E-state index contributed by atoms with van der Waals surface area (Å²) in [4.78, 5) is 8.32. The van der Waals surface area contributed by atoms with E-state index in [0.29, 0.717) is 17.0 Å². The van der Waals surface area contributed by atoms with Crippen molar-refractivity contribution in [1.82, 2.24) is 9.97 Å². The van der Waals surface area contributed by atoms with Crippen molar-refractivity contribution in [2.45, 2.75) is 0 Å². The number of rotatable bonds is 2. The number of benzene rings is 1. The Hall–Kier alpha value is -3.13. The van der Waals surface area contributed by atoms with Crippen LogP contribution in [-0.4, -0.2) is 9.97 Å². The summed E-state index contributed by atoms with van der Waals surface area (Å²) in [6.45, 7) is 0. The number of nitrogens with zero attached hydrogens (tertiary/aromatic N) is 3. The van der Waals surface area contributed by atoms with Gasteiger partial charge in [0.25, 0.3) is 0 Å². The topological polar surface area (TPSA) is 84.8 Å². The quantitative estimate of drug-likeness (QED) is 0.767. The van der Waals surface area contributed by atoms with E-state index in [-0.39, 0.29) is 5.88 Å². The summed E-state index contributed by atoms with van der Waals surface area (Å²) in [5.41, 5.74) is 7.39. The second-order valence-corrected chi connectivity index (χ2v) is 4.16. The van der Waals surface area contributed by atoms with Gasteiger partial charge in [-0.2, -0.15) is 5.26 Å². The lowest BCUT2D eigenvalue weighted by Crippen LogP contribution is -1.96.